The van der Waals surface area contributed by atoms with Gasteiger partial charge in [-0.1, -0.05) is 17.7 Å². The second-order valence-electron chi connectivity index (χ2n) is 3.27. The molecular formula is C12H13ClN2O. The molecule has 0 saturated carbocycles. The molecule has 0 unspecified atom stereocenters. The first-order valence-electron chi connectivity index (χ1n) is 4.92. The van der Waals surface area contributed by atoms with E-state index in [1.54, 1.807) is 18.2 Å². The summed E-state index contributed by atoms with van der Waals surface area (Å²) in [4.78, 5) is 11.7. The quantitative estimate of drug-likeness (QED) is 0.478. The first kappa shape index (κ1) is 12.4. The van der Waals surface area contributed by atoms with Crippen molar-refractivity contribution in [3.05, 3.63) is 28.8 Å². The van der Waals surface area contributed by atoms with Crippen molar-refractivity contribution in [2.75, 3.05) is 12.3 Å². The van der Waals surface area contributed by atoms with E-state index in [1.165, 1.54) is 0 Å². The van der Waals surface area contributed by atoms with Crippen LogP contribution in [0.1, 0.15) is 23.2 Å². The minimum atomic E-state index is -0.264. The molecule has 16 heavy (non-hydrogen) atoms. The zero-order chi connectivity index (χ0) is 12.0. The van der Waals surface area contributed by atoms with E-state index in [0.717, 1.165) is 6.42 Å². The number of carbonyl (C=O) groups is 1. The highest BCUT2D eigenvalue weighted by atomic mass is 35.5. The number of anilines is 1. The van der Waals surface area contributed by atoms with Gasteiger partial charge in [0.05, 0.1) is 10.6 Å². The molecule has 0 aromatic heterocycles. The van der Waals surface area contributed by atoms with Crippen LogP contribution < -0.4 is 11.1 Å². The number of nitrogens with two attached hydrogens (primary N) is 1. The number of benzene rings is 1. The van der Waals surface area contributed by atoms with E-state index in [2.05, 4.69) is 11.2 Å². The molecule has 0 bridgehead atoms. The molecular weight excluding hydrogens is 224 g/mol. The van der Waals surface area contributed by atoms with Gasteiger partial charge in [0.25, 0.3) is 5.91 Å². The van der Waals surface area contributed by atoms with E-state index in [-0.39, 0.29) is 5.91 Å². The predicted octanol–water partition coefficient (Wildman–Crippen LogP) is 2.07. The summed E-state index contributed by atoms with van der Waals surface area (Å²) in [5, 5.41) is 3.07. The number of amides is 1. The summed E-state index contributed by atoms with van der Waals surface area (Å²) >= 11 is 5.89. The molecule has 0 spiro atoms. The summed E-state index contributed by atoms with van der Waals surface area (Å²) in [5.74, 6) is 2.24. The zero-order valence-corrected chi connectivity index (χ0v) is 9.55. The average Bonchev–Trinajstić information content (AvgIpc) is 2.24. The Labute approximate surface area is 100.0 Å². The van der Waals surface area contributed by atoms with Crippen LogP contribution in [0.15, 0.2) is 18.2 Å². The normalized spacial score (nSPS) is 9.50. The summed E-state index contributed by atoms with van der Waals surface area (Å²) < 4.78 is 0. The van der Waals surface area contributed by atoms with Gasteiger partial charge < -0.3 is 11.1 Å². The van der Waals surface area contributed by atoms with Crippen LogP contribution in [0.3, 0.4) is 0 Å². The minimum Gasteiger partial charge on any atom is -0.398 e. The number of hydrogen-bond acceptors (Lipinski definition) is 2. The fourth-order valence-corrected chi connectivity index (χ4v) is 1.53. The van der Waals surface area contributed by atoms with Crippen LogP contribution in [0.2, 0.25) is 5.02 Å². The minimum absolute atomic E-state index is 0.264. The van der Waals surface area contributed by atoms with Crippen molar-refractivity contribution < 1.29 is 4.79 Å². The maximum Gasteiger partial charge on any atom is 0.254 e. The molecule has 0 aliphatic rings. The van der Waals surface area contributed by atoms with Crippen molar-refractivity contribution in [1.82, 2.24) is 5.32 Å². The lowest BCUT2D eigenvalue weighted by Crippen LogP contribution is -2.25. The van der Waals surface area contributed by atoms with Gasteiger partial charge in [-0.15, -0.1) is 12.3 Å². The van der Waals surface area contributed by atoms with Crippen LogP contribution in [0.4, 0.5) is 5.69 Å². The summed E-state index contributed by atoms with van der Waals surface area (Å²) in [6.45, 7) is 0.522. The second kappa shape index (κ2) is 6.04. The van der Waals surface area contributed by atoms with Crippen LogP contribution >= 0.6 is 11.6 Å². The highest BCUT2D eigenvalue weighted by molar-refractivity contribution is 6.34. The molecule has 1 amide bonds. The molecule has 1 aromatic rings. The second-order valence-corrected chi connectivity index (χ2v) is 3.67. The third-order valence-electron chi connectivity index (χ3n) is 2.06. The van der Waals surface area contributed by atoms with E-state index in [0.29, 0.717) is 29.2 Å². The Morgan fingerprint density at radius 3 is 2.94 bits per heavy atom. The van der Waals surface area contributed by atoms with Crippen LogP contribution in [-0.4, -0.2) is 12.5 Å². The maximum atomic E-state index is 11.7. The number of nitrogen functional groups attached to an aromatic ring is 1. The Bertz CT molecular complexity index is 403. The van der Waals surface area contributed by atoms with Crippen molar-refractivity contribution in [2.45, 2.75) is 12.8 Å². The van der Waals surface area contributed by atoms with Gasteiger partial charge >= 0.3 is 0 Å². The summed E-state index contributed by atoms with van der Waals surface area (Å²) in [6, 6.07) is 4.98. The highest BCUT2D eigenvalue weighted by Crippen LogP contribution is 2.21. The Balaban J connectivity index is 2.63. The SMILES string of the molecule is C#CCCCNC(=O)c1c(N)cccc1Cl. The summed E-state index contributed by atoms with van der Waals surface area (Å²) in [7, 11) is 0. The van der Waals surface area contributed by atoms with Gasteiger partial charge in [-0.3, -0.25) is 4.79 Å². The highest BCUT2D eigenvalue weighted by Gasteiger charge is 2.12. The molecule has 0 radical (unpaired) electrons. The number of carbonyl (C=O) groups excluding carboxylic acids is 1. The van der Waals surface area contributed by atoms with Crippen molar-refractivity contribution in [3.8, 4) is 12.3 Å². The first-order chi connectivity index (χ1) is 7.66. The van der Waals surface area contributed by atoms with Crippen molar-refractivity contribution >= 4 is 23.2 Å². The molecule has 0 heterocycles. The summed E-state index contributed by atoms with van der Waals surface area (Å²) in [5.41, 5.74) is 6.38. The lowest BCUT2D eigenvalue weighted by Gasteiger charge is -2.08. The smallest absolute Gasteiger partial charge is 0.254 e. The number of hydrogen-bond donors (Lipinski definition) is 2. The molecule has 84 valence electrons. The molecule has 0 atom stereocenters. The van der Waals surface area contributed by atoms with Crippen LogP contribution in [-0.2, 0) is 0 Å². The topological polar surface area (TPSA) is 55.1 Å². The Hall–Kier alpha value is -1.66. The van der Waals surface area contributed by atoms with Gasteiger partial charge in [0.1, 0.15) is 0 Å². The molecule has 0 saturated heterocycles. The molecule has 0 fully saturated rings. The van der Waals surface area contributed by atoms with E-state index >= 15 is 0 Å². The third-order valence-corrected chi connectivity index (χ3v) is 2.37. The van der Waals surface area contributed by atoms with E-state index < -0.39 is 0 Å². The van der Waals surface area contributed by atoms with Crippen LogP contribution in [0.25, 0.3) is 0 Å². The molecule has 3 N–H and O–H groups in total. The van der Waals surface area contributed by atoms with E-state index in [4.69, 9.17) is 23.8 Å². The van der Waals surface area contributed by atoms with Crippen molar-refractivity contribution in [1.29, 1.82) is 0 Å². The Morgan fingerprint density at radius 1 is 1.56 bits per heavy atom. The number of rotatable bonds is 4. The molecule has 1 rings (SSSR count). The average molecular weight is 237 g/mol. The van der Waals surface area contributed by atoms with Gasteiger partial charge in [-0.2, -0.15) is 0 Å². The van der Waals surface area contributed by atoms with Crippen molar-refractivity contribution in [3.63, 3.8) is 0 Å². The van der Waals surface area contributed by atoms with Crippen LogP contribution in [0.5, 0.6) is 0 Å². The number of nitrogens with one attached hydrogen (secondary N) is 1. The standard InChI is InChI=1S/C12H13ClN2O/c1-2-3-4-8-15-12(16)11-9(13)6-5-7-10(11)14/h1,5-7H,3-4,8,14H2,(H,15,16). The third kappa shape index (κ3) is 3.18. The fraction of sp³-hybridized carbons (Fsp3) is 0.250. The lowest BCUT2D eigenvalue weighted by atomic mass is 10.1. The Morgan fingerprint density at radius 2 is 2.31 bits per heavy atom. The maximum absolute atomic E-state index is 11.7. The predicted molar refractivity (Wildman–Crippen MR) is 66.3 cm³/mol. The number of terminal acetylenes is 1. The number of unbranched alkanes of at least 4 members (excludes halogenated alkanes) is 1. The molecule has 0 aliphatic heterocycles. The van der Waals surface area contributed by atoms with Gasteiger partial charge in [-0.05, 0) is 18.6 Å². The molecule has 1 aromatic carbocycles. The molecule has 3 nitrogen and oxygen atoms in total. The zero-order valence-electron chi connectivity index (χ0n) is 8.79. The van der Waals surface area contributed by atoms with Gasteiger partial charge in [0, 0.05) is 18.7 Å². The number of halogens is 1. The van der Waals surface area contributed by atoms with E-state index in [9.17, 15) is 4.79 Å². The van der Waals surface area contributed by atoms with Gasteiger partial charge in [-0.25, -0.2) is 0 Å². The molecule has 4 heteroatoms. The monoisotopic (exact) mass is 236 g/mol. The summed E-state index contributed by atoms with van der Waals surface area (Å²) in [6.07, 6.45) is 6.48. The first-order valence-corrected chi connectivity index (χ1v) is 5.30. The fourth-order valence-electron chi connectivity index (χ4n) is 1.26. The van der Waals surface area contributed by atoms with Gasteiger partial charge in [0.2, 0.25) is 0 Å². The lowest BCUT2D eigenvalue weighted by molar-refractivity contribution is 0.0954. The van der Waals surface area contributed by atoms with Gasteiger partial charge in [0.15, 0.2) is 0 Å². The van der Waals surface area contributed by atoms with E-state index in [1.807, 2.05) is 0 Å². The Kier molecular flexibility index (Phi) is 4.68. The van der Waals surface area contributed by atoms with Crippen LogP contribution in [0, 0.1) is 12.3 Å². The molecule has 0 aliphatic carbocycles. The largest absolute Gasteiger partial charge is 0.398 e. The van der Waals surface area contributed by atoms with Crippen molar-refractivity contribution in [2.24, 2.45) is 0 Å².